The molecule has 0 radical (unpaired) electrons. The van der Waals surface area contributed by atoms with Crippen LogP contribution in [0.25, 0.3) is 0 Å². The van der Waals surface area contributed by atoms with E-state index in [1.807, 2.05) is 11.8 Å². The van der Waals surface area contributed by atoms with Gasteiger partial charge in [0.2, 0.25) is 10.0 Å². The van der Waals surface area contributed by atoms with Crippen LogP contribution >= 0.6 is 0 Å². The minimum Gasteiger partial charge on any atom is -0.337 e. The zero-order valence-corrected chi connectivity index (χ0v) is 24.4. The lowest BCUT2D eigenvalue weighted by atomic mass is 9.71. The molecule has 1 amide bonds. The first-order valence-electron chi connectivity index (χ1n) is 14.2. The van der Waals surface area contributed by atoms with Crippen molar-refractivity contribution in [3.05, 3.63) is 23.3 Å². The highest BCUT2D eigenvalue weighted by molar-refractivity contribution is 7.88. The van der Waals surface area contributed by atoms with Crippen LogP contribution in [0, 0.1) is 18.3 Å². The summed E-state index contributed by atoms with van der Waals surface area (Å²) in [6.07, 6.45) is 13.8. The van der Waals surface area contributed by atoms with E-state index in [0.717, 1.165) is 81.9 Å². The number of carbonyl (C=O) groups excluding carboxylic acids is 1. The molecule has 0 bridgehead atoms. The Hall–Kier alpha value is -1.58. The van der Waals surface area contributed by atoms with Crippen molar-refractivity contribution >= 4 is 15.9 Å². The highest BCUT2D eigenvalue weighted by Gasteiger charge is 2.33. The van der Waals surface area contributed by atoms with Gasteiger partial charge in [0.25, 0.3) is 5.91 Å². The molecule has 8 nitrogen and oxygen atoms in total. The highest BCUT2D eigenvalue weighted by Crippen LogP contribution is 2.40. The minimum absolute atomic E-state index is 0.0342. The maximum absolute atomic E-state index is 13.4. The van der Waals surface area contributed by atoms with E-state index in [1.165, 1.54) is 36.2 Å². The van der Waals surface area contributed by atoms with Gasteiger partial charge in [0.05, 0.1) is 6.26 Å². The number of aryl methyl sites for hydroxylation is 1. The van der Waals surface area contributed by atoms with Crippen LogP contribution in [-0.4, -0.2) is 90.0 Å². The standard InChI is InChI=1S/C28H47N5O3S/c1-21-25(9-8-22-7-6-14-28(2,3)19-22)29-20-30-26(21)27(34)33-17-12-24(13-18-33)32-15-10-23(11-16-32)31(4)37(5,35)36/h20,22-24H,6-19H2,1-5H3. The second kappa shape index (κ2) is 11.7. The monoisotopic (exact) mass is 533 g/mol. The van der Waals surface area contributed by atoms with E-state index in [4.69, 9.17) is 0 Å². The molecule has 3 aliphatic rings. The molecule has 1 aliphatic carbocycles. The fourth-order valence-electron chi connectivity index (χ4n) is 6.87. The van der Waals surface area contributed by atoms with E-state index in [1.54, 1.807) is 13.4 Å². The van der Waals surface area contributed by atoms with Gasteiger partial charge in [-0.2, -0.15) is 0 Å². The smallest absolute Gasteiger partial charge is 0.272 e. The number of amides is 1. The summed E-state index contributed by atoms with van der Waals surface area (Å²) < 4.78 is 25.3. The summed E-state index contributed by atoms with van der Waals surface area (Å²) in [6.45, 7) is 10.1. The van der Waals surface area contributed by atoms with Gasteiger partial charge in [0.15, 0.2) is 0 Å². The molecular weight excluding hydrogens is 486 g/mol. The number of hydrogen-bond donors (Lipinski definition) is 0. The topological polar surface area (TPSA) is 86.7 Å². The number of aromatic nitrogens is 2. The Morgan fingerprint density at radius 1 is 1.08 bits per heavy atom. The van der Waals surface area contributed by atoms with E-state index >= 15 is 0 Å². The average Bonchev–Trinajstić information content (AvgIpc) is 2.86. The molecule has 1 atom stereocenters. The largest absolute Gasteiger partial charge is 0.337 e. The third-order valence-corrected chi connectivity index (χ3v) is 10.6. The number of hydrogen-bond acceptors (Lipinski definition) is 6. The normalized spacial score (nSPS) is 24.5. The van der Waals surface area contributed by atoms with Gasteiger partial charge in [0, 0.05) is 43.5 Å². The maximum Gasteiger partial charge on any atom is 0.272 e. The van der Waals surface area contributed by atoms with E-state index in [2.05, 4.69) is 28.7 Å². The Morgan fingerprint density at radius 2 is 1.76 bits per heavy atom. The van der Waals surface area contributed by atoms with E-state index < -0.39 is 10.0 Å². The molecule has 4 rings (SSSR count). The molecule has 0 N–H and O–H groups in total. The van der Waals surface area contributed by atoms with Gasteiger partial charge in [-0.15, -0.1) is 0 Å². The SMILES string of the molecule is Cc1c(CCC2CCCC(C)(C)C2)ncnc1C(=O)N1CCC(N2CCC(N(C)S(C)(=O)=O)CC2)CC1. The Balaban J connectivity index is 1.28. The number of carbonyl (C=O) groups is 1. The summed E-state index contributed by atoms with van der Waals surface area (Å²) in [5.74, 6) is 0.778. The molecule has 1 aromatic heterocycles. The van der Waals surface area contributed by atoms with Crippen LogP contribution in [-0.2, 0) is 16.4 Å². The number of rotatable bonds is 7. The Labute approximate surface area is 224 Å². The quantitative estimate of drug-likeness (QED) is 0.529. The van der Waals surface area contributed by atoms with Crippen molar-refractivity contribution in [3.8, 4) is 0 Å². The molecule has 9 heteroatoms. The molecule has 1 unspecified atom stereocenters. The highest BCUT2D eigenvalue weighted by atomic mass is 32.2. The van der Waals surface area contributed by atoms with E-state index in [0.29, 0.717) is 17.2 Å². The van der Waals surface area contributed by atoms with Gasteiger partial charge in [-0.3, -0.25) is 4.79 Å². The molecule has 208 valence electrons. The molecule has 37 heavy (non-hydrogen) atoms. The number of likely N-dealkylation sites (tertiary alicyclic amines) is 2. The van der Waals surface area contributed by atoms with Crippen molar-refractivity contribution in [2.24, 2.45) is 11.3 Å². The lowest BCUT2D eigenvalue weighted by molar-refractivity contribution is 0.0542. The van der Waals surface area contributed by atoms with Gasteiger partial charge in [-0.1, -0.05) is 26.7 Å². The molecular formula is C28H47N5O3S. The van der Waals surface area contributed by atoms with Gasteiger partial charge < -0.3 is 9.80 Å². The van der Waals surface area contributed by atoms with Crippen LogP contribution in [0.15, 0.2) is 6.33 Å². The average molecular weight is 534 g/mol. The molecule has 2 saturated heterocycles. The van der Waals surface area contributed by atoms with Crippen molar-refractivity contribution in [2.75, 3.05) is 39.5 Å². The lowest BCUT2D eigenvalue weighted by Crippen LogP contribution is -2.52. The van der Waals surface area contributed by atoms with Crippen molar-refractivity contribution < 1.29 is 13.2 Å². The van der Waals surface area contributed by atoms with Gasteiger partial charge in [-0.25, -0.2) is 22.7 Å². The molecule has 3 heterocycles. The predicted molar refractivity (Wildman–Crippen MR) is 147 cm³/mol. The Kier molecular flexibility index (Phi) is 8.96. The zero-order chi connectivity index (χ0) is 26.8. The summed E-state index contributed by atoms with van der Waals surface area (Å²) in [4.78, 5) is 26.9. The van der Waals surface area contributed by atoms with Crippen molar-refractivity contribution in [2.45, 2.75) is 97.1 Å². The van der Waals surface area contributed by atoms with E-state index in [9.17, 15) is 13.2 Å². The van der Waals surface area contributed by atoms with Crippen LogP contribution in [0.4, 0.5) is 0 Å². The van der Waals surface area contributed by atoms with Crippen LogP contribution in [0.1, 0.15) is 93.4 Å². The predicted octanol–water partition coefficient (Wildman–Crippen LogP) is 3.89. The molecule has 1 saturated carbocycles. The molecule has 2 aliphatic heterocycles. The third kappa shape index (κ3) is 7.09. The summed E-state index contributed by atoms with van der Waals surface area (Å²) in [6, 6.07) is 0.544. The third-order valence-electron chi connectivity index (χ3n) is 9.29. The van der Waals surface area contributed by atoms with Crippen LogP contribution in [0.5, 0.6) is 0 Å². The second-order valence-electron chi connectivity index (χ2n) is 12.5. The summed E-state index contributed by atoms with van der Waals surface area (Å²) in [5.41, 5.74) is 2.98. The maximum atomic E-state index is 13.4. The van der Waals surface area contributed by atoms with E-state index in [-0.39, 0.29) is 11.9 Å². The fourth-order valence-corrected chi connectivity index (χ4v) is 7.62. The van der Waals surface area contributed by atoms with Crippen LogP contribution < -0.4 is 0 Å². The molecule has 1 aromatic rings. The first kappa shape index (κ1) is 28.4. The number of nitrogens with zero attached hydrogens (tertiary/aromatic N) is 5. The summed E-state index contributed by atoms with van der Waals surface area (Å²) in [7, 11) is -1.46. The summed E-state index contributed by atoms with van der Waals surface area (Å²) in [5, 5.41) is 0. The molecule has 0 spiro atoms. The minimum atomic E-state index is -3.15. The molecule has 3 fully saturated rings. The Bertz CT molecular complexity index is 1040. The fraction of sp³-hybridized carbons (Fsp3) is 0.821. The van der Waals surface area contributed by atoms with Crippen molar-refractivity contribution in [1.82, 2.24) is 24.1 Å². The molecule has 0 aromatic carbocycles. The van der Waals surface area contributed by atoms with Gasteiger partial charge >= 0.3 is 0 Å². The van der Waals surface area contributed by atoms with Crippen molar-refractivity contribution in [1.29, 1.82) is 0 Å². The lowest BCUT2D eigenvalue weighted by Gasteiger charge is -2.43. The first-order valence-corrected chi connectivity index (χ1v) is 16.1. The second-order valence-corrected chi connectivity index (χ2v) is 14.6. The zero-order valence-electron chi connectivity index (χ0n) is 23.6. The first-order chi connectivity index (χ1) is 17.4. The van der Waals surface area contributed by atoms with Gasteiger partial charge in [0.1, 0.15) is 12.0 Å². The number of sulfonamides is 1. The van der Waals surface area contributed by atoms with Crippen LogP contribution in [0.3, 0.4) is 0 Å². The van der Waals surface area contributed by atoms with Crippen LogP contribution in [0.2, 0.25) is 0 Å². The Morgan fingerprint density at radius 3 is 2.38 bits per heavy atom. The number of piperidine rings is 2. The van der Waals surface area contributed by atoms with Crippen molar-refractivity contribution in [3.63, 3.8) is 0 Å². The summed E-state index contributed by atoms with van der Waals surface area (Å²) >= 11 is 0. The van der Waals surface area contributed by atoms with Gasteiger partial charge in [-0.05, 0) is 82.7 Å².